The summed E-state index contributed by atoms with van der Waals surface area (Å²) in [5.41, 5.74) is 1.90. The number of nitrogens with zero attached hydrogens (tertiary/aromatic N) is 3. The third-order valence-corrected chi connectivity index (χ3v) is 4.92. The van der Waals surface area contributed by atoms with Gasteiger partial charge in [0, 0.05) is 25.1 Å². The summed E-state index contributed by atoms with van der Waals surface area (Å²) in [4.78, 5) is 10.3. The molecular formula is C16H14ClF2N3. The molecule has 2 heterocycles. The first-order valence-corrected chi connectivity index (χ1v) is 7.61. The molecule has 6 heteroatoms. The molecule has 0 spiro atoms. The average Bonchev–Trinajstić information content (AvgIpc) is 2.89. The van der Waals surface area contributed by atoms with Gasteiger partial charge in [-0.3, -0.25) is 0 Å². The van der Waals surface area contributed by atoms with Crippen molar-refractivity contribution in [1.29, 1.82) is 0 Å². The molecule has 1 aliphatic carbocycles. The summed E-state index contributed by atoms with van der Waals surface area (Å²) >= 11 is 6.24. The van der Waals surface area contributed by atoms with E-state index in [0.717, 1.165) is 11.1 Å². The molecule has 1 saturated heterocycles. The van der Waals surface area contributed by atoms with Gasteiger partial charge >= 0.3 is 0 Å². The molecule has 1 aliphatic heterocycles. The van der Waals surface area contributed by atoms with Crippen molar-refractivity contribution in [2.75, 3.05) is 18.0 Å². The number of hydrogen-bond donors (Lipinski definition) is 0. The first-order valence-electron chi connectivity index (χ1n) is 7.23. The molecule has 0 amide bonds. The number of piperidine rings is 1. The predicted molar refractivity (Wildman–Crippen MR) is 80.4 cm³/mol. The van der Waals surface area contributed by atoms with Crippen molar-refractivity contribution in [1.82, 2.24) is 9.97 Å². The van der Waals surface area contributed by atoms with E-state index in [-0.39, 0.29) is 0 Å². The smallest absolute Gasteiger partial charge is 0.258 e. The van der Waals surface area contributed by atoms with Gasteiger partial charge in [0.25, 0.3) is 5.92 Å². The van der Waals surface area contributed by atoms with Gasteiger partial charge in [0.05, 0.1) is 11.8 Å². The summed E-state index contributed by atoms with van der Waals surface area (Å²) in [7, 11) is 0. The third kappa shape index (κ3) is 2.15. The fourth-order valence-corrected chi connectivity index (χ4v) is 3.48. The average molecular weight is 322 g/mol. The molecule has 3 nitrogen and oxygen atoms in total. The molecule has 22 heavy (non-hydrogen) atoms. The second kappa shape index (κ2) is 4.88. The van der Waals surface area contributed by atoms with Crippen LogP contribution in [0.3, 0.4) is 0 Å². The molecule has 0 bridgehead atoms. The molecule has 2 fully saturated rings. The molecule has 1 aromatic carbocycles. The lowest BCUT2D eigenvalue weighted by Gasteiger charge is -2.23. The highest BCUT2D eigenvalue weighted by Crippen LogP contribution is 2.59. The van der Waals surface area contributed by atoms with Crippen LogP contribution < -0.4 is 4.90 Å². The predicted octanol–water partition coefficient (Wildman–Crippen LogP) is 3.42. The summed E-state index contributed by atoms with van der Waals surface area (Å²) in [5.74, 6) is -2.88. The summed E-state index contributed by atoms with van der Waals surface area (Å²) < 4.78 is 26.7. The molecule has 114 valence electrons. The lowest BCUT2D eigenvalue weighted by Crippen LogP contribution is -2.29. The first kappa shape index (κ1) is 13.9. The Morgan fingerprint density at radius 3 is 2.50 bits per heavy atom. The Bertz CT molecular complexity index is 694. The van der Waals surface area contributed by atoms with Crippen molar-refractivity contribution in [3.05, 3.63) is 52.9 Å². The Morgan fingerprint density at radius 1 is 1.14 bits per heavy atom. The van der Waals surface area contributed by atoms with Gasteiger partial charge in [-0.25, -0.2) is 18.7 Å². The van der Waals surface area contributed by atoms with E-state index in [4.69, 9.17) is 11.6 Å². The maximum Gasteiger partial charge on any atom is 0.258 e. The van der Waals surface area contributed by atoms with Crippen LogP contribution in [0.15, 0.2) is 36.7 Å². The van der Waals surface area contributed by atoms with Crippen LogP contribution in [0.2, 0.25) is 5.15 Å². The molecule has 0 N–H and O–H groups in total. The topological polar surface area (TPSA) is 29.0 Å². The number of anilines is 1. The van der Waals surface area contributed by atoms with Crippen LogP contribution in [0.5, 0.6) is 0 Å². The lowest BCUT2D eigenvalue weighted by molar-refractivity contribution is 0.0797. The minimum Gasteiger partial charge on any atom is -0.355 e. The molecule has 2 aliphatic rings. The lowest BCUT2D eigenvalue weighted by atomic mass is 10.1. The van der Waals surface area contributed by atoms with Gasteiger partial charge in [0.2, 0.25) is 0 Å². The number of rotatable bonds is 3. The number of alkyl halides is 2. The summed E-state index contributed by atoms with van der Waals surface area (Å²) in [6, 6.07) is 9.87. The van der Waals surface area contributed by atoms with Crippen LogP contribution in [0.25, 0.3) is 0 Å². The third-order valence-electron chi connectivity index (χ3n) is 4.59. The van der Waals surface area contributed by atoms with Crippen molar-refractivity contribution in [2.45, 2.75) is 12.3 Å². The van der Waals surface area contributed by atoms with E-state index in [2.05, 4.69) is 9.97 Å². The van der Waals surface area contributed by atoms with E-state index in [9.17, 15) is 8.78 Å². The SMILES string of the molecule is FC1(F)C2CN(c3ncnc(Cl)c3Cc3ccccc3)CC21. The largest absolute Gasteiger partial charge is 0.355 e. The highest BCUT2D eigenvalue weighted by Gasteiger charge is 2.71. The molecule has 2 atom stereocenters. The number of fused-ring (bicyclic) bond motifs is 1. The van der Waals surface area contributed by atoms with Crippen molar-refractivity contribution in [3.63, 3.8) is 0 Å². The number of hydrogen-bond acceptors (Lipinski definition) is 3. The minimum atomic E-state index is -2.49. The van der Waals surface area contributed by atoms with E-state index in [0.29, 0.717) is 30.5 Å². The Labute approximate surface area is 131 Å². The normalized spacial score (nSPS) is 25.1. The Hall–Kier alpha value is -1.75. The van der Waals surface area contributed by atoms with Gasteiger partial charge in [-0.2, -0.15) is 0 Å². The van der Waals surface area contributed by atoms with Crippen LogP contribution in [0.4, 0.5) is 14.6 Å². The van der Waals surface area contributed by atoms with Gasteiger partial charge in [0.1, 0.15) is 17.3 Å². The van der Waals surface area contributed by atoms with Gasteiger partial charge < -0.3 is 4.90 Å². The summed E-state index contributed by atoms with van der Waals surface area (Å²) in [6.07, 6.45) is 1.99. The zero-order valence-electron chi connectivity index (χ0n) is 11.7. The molecule has 1 saturated carbocycles. The van der Waals surface area contributed by atoms with Crippen molar-refractivity contribution < 1.29 is 8.78 Å². The Kier molecular flexibility index (Phi) is 3.08. The quantitative estimate of drug-likeness (QED) is 0.811. The van der Waals surface area contributed by atoms with Crippen molar-refractivity contribution >= 4 is 17.4 Å². The highest BCUT2D eigenvalue weighted by molar-refractivity contribution is 6.30. The number of aromatic nitrogens is 2. The van der Waals surface area contributed by atoms with E-state index in [1.54, 1.807) is 0 Å². The molecular weight excluding hydrogens is 308 g/mol. The number of benzene rings is 1. The van der Waals surface area contributed by atoms with Crippen LogP contribution in [-0.4, -0.2) is 29.0 Å². The maximum atomic E-state index is 13.4. The zero-order chi connectivity index (χ0) is 15.3. The molecule has 2 aromatic rings. The van der Waals surface area contributed by atoms with E-state index in [1.165, 1.54) is 6.33 Å². The molecule has 2 unspecified atom stereocenters. The van der Waals surface area contributed by atoms with Gasteiger partial charge in [0.15, 0.2) is 0 Å². The van der Waals surface area contributed by atoms with Crippen molar-refractivity contribution in [2.24, 2.45) is 11.8 Å². The van der Waals surface area contributed by atoms with Crippen LogP contribution in [-0.2, 0) is 6.42 Å². The van der Waals surface area contributed by atoms with E-state index < -0.39 is 17.8 Å². The molecule has 1 aromatic heterocycles. The highest BCUT2D eigenvalue weighted by atomic mass is 35.5. The van der Waals surface area contributed by atoms with Crippen LogP contribution >= 0.6 is 11.6 Å². The van der Waals surface area contributed by atoms with Crippen LogP contribution in [0, 0.1) is 11.8 Å². The fraction of sp³-hybridized carbons (Fsp3) is 0.375. The molecule has 4 rings (SSSR count). The van der Waals surface area contributed by atoms with Crippen LogP contribution in [0.1, 0.15) is 11.1 Å². The molecule has 0 radical (unpaired) electrons. The fourth-order valence-electron chi connectivity index (χ4n) is 3.29. The maximum absolute atomic E-state index is 13.4. The second-order valence-corrected chi connectivity index (χ2v) is 6.28. The minimum absolute atomic E-state index is 0.340. The standard InChI is InChI=1S/C16H14ClF2N3/c17-14-11(6-10-4-2-1-3-5-10)15(21-9-20-14)22-7-12-13(8-22)16(12,18)19/h1-5,9,12-13H,6-8H2. The Morgan fingerprint density at radius 2 is 1.82 bits per heavy atom. The van der Waals surface area contributed by atoms with Gasteiger partial charge in [-0.1, -0.05) is 41.9 Å². The van der Waals surface area contributed by atoms with E-state index in [1.807, 2.05) is 35.2 Å². The zero-order valence-corrected chi connectivity index (χ0v) is 12.5. The summed E-state index contributed by atoms with van der Waals surface area (Å²) in [6.45, 7) is 0.680. The Balaban J connectivity index is 1.62. The van der Waals surface area contributed by atoms with Gasteiger partial charge in [-0.15, -0.1) is 0 Å². The number of halogens is 3. The first-order chi connectivity index (χ1) is 10.6. The summed E-state index contributed by atoms with van der Waals surface area (Å²) in [5, 5.41) is 0.390. The van der Waals surface area contributed by atoms with E-state index >= 15 is 0 Å². The monoisotopic (exact) mass is 321 g/mol. The van der Waals surface area contributed by atoms with Gasteiger partial charge in [-0.05, 0) is 5.56 Å². The van der Waals surface area contributed by atoms with Crippen molar-refractivity contribution in [3.8, 4) is 0 Å². The second-order valence-electron chi connectivity index (χ2n) is 5.92.